The van der Waals surface area contributed by atoms with Gasteiger partial charge < -0.3 is 9.80 Å². The average Bonchev–Trinajstić information content (AvgIpc) is 2.56. The maximum Gasteiger partial charge on any atom is 0.227 e. The summed E-state index contributed by atoms with van der Waals surface area (Å²) in [5.41, 5.74) is 1.26. The minimum Gasteiger partial charge on any atom is -0.363 e. The predicted octanol–water partition coefficient (Wildman–Crippen LogP) is 2.52. The van der Waals surface area contributed by atoms with Gasteiger partial charge in [0.05, 0.1) is 0 Å². The standard InChI is InChI=1S/C17H22ClN5/c1-21(2)16-6-7-19-17(20-16)23-10-8-22(9-11-23)13-14-4-3-5-15(18)12-14/h3-7,12H,8-11,13H2,1-2H3. The molecule has 0 N–H and O–H groups in total. The van der Waals surface area contributed by atoms with Crippen molar-refractivity contribution in [2.45, 2.75) is 6.54 Å². The van der Waals surface area contributed by atoms with Crippen molar-refractivity contribution in [2.24, 2.45) is 0 Å². The van der Waals surface area contributed by atoms with Gasteiger partial charge in [0.15, 0.2) is 0 Å². The second-order valence-corrected chi connectivity index (χ2v) is 6.44. The molecule has 1 saturated heterocycles. The highest BCUT2D eigenvalue weighted by Gasteiger charge is 2.19. The molecule has 0 unspecified atom stereocenters. The molecule has 1 fully saturated rings. The van der Waals surface area contributed by atoms with Crippen LogP contribution in [0.5, 0.6) is 0 Å². The lowest BCUT2D eigenvalue weighted by atomic mass is 10.2. The molecule has 1 aromatic heterocycles. The molecule has 2 aromatic rings. The maximum absolute atomic E-state index is 6.06. The highest BCUT2D eigenvalue weighted by molar-refractivity contribution is 6.30. The maximum atomic E-state index is 6.06. The number of aromatic nitrogens is 2. The molecule has 0 saturated carbocycles. The molecule has 3 rings (SSSR count). The van der Waals surface area contributed by atoms with Crippen LogP contribution < -0.4 is 9.80 Å². The molecule has 0 aliphatic carbocycles. The number of hydrogen-bond acceptors (Lipinski definition) is 5. The van der Waals surface area contributed by atoms with Crippen LogP contribution in [0.25, 0.3) is 0 Å². The molecule has 0 radical (unpaired) electrons. The largest absolute Gasteiger partial charge is 0.363 e. The van der Waals surface area contributed by atoms with E-state index >= 15 is 0 Å². The van der Waals surface area contributed by atoms with Crippen molar-refractivity contribution in [2.75, 3.05) is 50.1 Å². The Labute approximate surface area is 142 Å². The van der Waals surface area contributed by atoms with E-state index in [1.807, 2.05) is 49.5 Å². The van der Waals surface area contributed by atoms with E-state index in [1.165, 1.54) is 5.56 Å². The normalized spacial score (nSPS) is 15.7. The molecule has 0 bridgehead atoms. The Morgan fingerprint density at radius 1 is 1.13 bits per heavy atom. The Hall–Kier alpha value is -1.85. The molecular formula is C17H22ClN5. The lowest BCUT2D eigenvalue weighted by Crippen LogP contribution is -2.46. The molecule has 1 aliphatic heterocycles. The first-order valence-electron chi connectivity index (χ1n) is 7.84. The smallest absolute Gasteiger partial charge is 0.227 e. The van der Waals surface area contributed by atoms with Gasteiger partial charge in [-0.1, -0.05) is 23.7 Å². The number of benzene rings is 1. The van der Waals surface area contributed by atoms with Crippen LogP contribution in [-0.2, 0) is 6.54 Å². The molecule has 122 valence electrons. The molecule has 0 spiro atoms. The van der Waals surface area contributed by atoms with Gasteiger partial charge in [0, 0.05) is 58.0 Å². The summed E-state index contributed by atoms with van der Waals surface area (Å²) in [4.78, 5) is 15.7. The van der Waals surface area contributed by atoms with Crippen molar-refractivity contribution in [1.82, 2.24) is 14.9 Å². The highest BCUT2D eigenvalue weighted by Crippen LogP contribution is 2.17. The Kier molecular flexibility index (Phi) is 4.98. The van der Waals surface area contributed by atoms with Crippen LogP contribution in [0.1, 0.15) is 5.56 Å². The third-order valence-corrected chi connectivity index (χ3v) is 4.27. The fraction of sp³-hybridized carbons (Fsp3) is 0.412. The Morgan fingerprint density at radius 2 is 1.91 bits per heavy atom. The first kappa shape index (κ1) is 16.0. The third kappa shape index (κ3) is 4.12. The van der Waals surface area contributed by atoms with Gasteiger partial charge in [0.1, 0.15) is 5.82 Å². The topological polar surface area (TPSA) is 35.5 Å². The molecule has 6 heteroatoms. The molecule has 0 amide bonds. The predicted molar refractivity (Wildman–Crippen MR) is 95.3 cm³/mol. The van der Waals surface area contributed by atoms with Gasteiger partial charge >= 0.3 is 0 Å². The van der Waals surface area contributed by atoms with Crippen molar-refractivity contribution in [3.63, 3.8) is 0 Å². The summed E-state index contributed by atoms with van der Waals surface area (Å²) >= 11 is 6.06. The zero-order chi connectivity index (χ0) is 16.2. The summed E-state index contributed by atoms with van der Waals surface area (Å²) in [6.45, 7) is 4.83. The lowest BCUT2D eigenvalue weighted by molar-refractivity contribution is 0.248. The van der Waals surface area contributed by atoms with E-state index in [4.69, 9.17) is 11.6 Å². The fourth-order valence-electron chi connectivity index (χ4n) is 2.74. The van der Waals surface area contributed by atoms with Crippen LogP contribution in [-0.4, -0.2) is 55.1 Å². The summed E-state index contributed by atoms with van der Waals surface area (Å²) in [6.07, 6.45) is 1.83. The van der Waals surface area contributed by atoms with E-state index in [9.17, 15) is 0 Å². The van der Waals surface area contributed by atoms with Gasteiger partial charge in [-0.05, 0) is 23.8 Å². The summed E-state index contributed by atoms with van der Waals surface area (Å²) in [5, 5.41) is 0.801. The lowest BCUT2D eigenvalue weighted by Gasteiger charge is -2.35. The number of halogens is 1. The minimum absolute atomic E-state index is 0.801. The minimum atomic E-state index is 0.801. The van der Waals surface area contributed by atoms with Crippen molar-refractivity contribution in [3.05, 3.63) is 47.1 Å². The summed E-state index contributed by atoms with van der Waals surface area (Å²) in [7, 11) is 3.99. The van der Waals surface area contributed by atoms with Crippen LogP contribution >= 0.6 is 11.6 Å². The zero-order valence-corrected chi connectivity index (χ0v) is 14.4. The van der Waals surface area contributed by atoms with E-state index in [-0.39, 0.29) is 0 Å². The van der Waals surface area contributed by atoms with Gasteiger partial charge in [-0.25, -0.2) is 4.98 Å². The summed E-state index contributed by atoms with van der Waals surface area (Å²) in [6, 6.07) is 10.0. The van der Waals surface area contributed by atoms with Crippen LogP contribution in [0.3, 0.4) is 0 Å². The van der Waals surface area contributed by atoms with Crippen LogP contribution in [0.4, 0.5) is 11.8 Å². The quantitative estimate of drug-likeness (QED) is 0.860. The summed E-state index contributed by atoms with van der Waals surface area (Å²) < 4.78 is 0. The zero-order valence-electron chi connectivity index (χ0n) is 13.6. The van der Waals surface area contributed by atoms with Crippen LogP contribution in [0.15, 0.2) is 36.5 Å². The van der Waals surface area contributed by atoms with E-state index in [2.05, 4.69) is 25.8 Å². The molecule has 23 heavy (non-hydrogen) atoms. The molecule has 1 aromatic carbocycles. The molecule has 2 heterocycles. The van der Waals surface area contributed by atoms with Gasteiger partial charge in [0.2, 0.25) is 5.95 Å². The van der Waals surface area contributed by atoms with Gasteiger partial charge in [-0.15, -0.1) is 0 Å². The second-order valence-electron chi connectivity index (χ2n) is 6.00. The van der Waals surface area contributed by atoms with Crippen molar-refractivity contribution < 1.29 is 0 Å². The molecular weight excluding hydrogens is 310 g/mol. The fourth-order valence-corrected chi connectivity index (χ4v) is 2.95. The number of nitrogens with zero attached hydrogens (tertiary/aromatic N) is 5. The number of rotatable bonds is 4. The van der Waals surface area contributed by atoms with E-state index in [1.54, 1.807) is 0 Å². The monoisotopic (exact) mass is 331 g/mol. The van der Waals surface area contributed by atoms with Gasteiger partial charge in [0.25, 0.3) is 0 Å². The SMILES string of the molecule is CN(C)c1ccnc(N2CCN(Cc3cccc(Cl)c3)CC2)n1. The molecule has 1 aliphatic rings. The Morgan fingerprint density at radius 3 is 2.61 bits per heavy atom. The summed E-state index contributed by atoms with van der Waals surface area (Å²) in [5.74, 6) is 1.76. The molecule has 0 atom stereocenters. The van der Waals surface area contributed by atoms with E-state index < -0.39 is 0 Å². The van der Waals surface area contributed by atoms with Crippen molar-refractivity contribution in [1.29, 1.82) is 0 Å². The third-order valence-electron chi connectivity index (χ3n) is 4.04. The van der Waals surface area contributed by atoms with E-state index in [0.29, 0.717) is 0 Å². The van der Waals surface area contributed by atoms with E-state index in [0.717, 1.165) is 49.5 Å². The van der Waals surface area contributed by atoms with Crippen LogP contribution in [0.2, 0.25) is 5.02 Å². The second kappa shape index (κ2) is 7.15. The van der Waals surface area contributed by atoms with Gasteiger partial charge in [-0.3, -0.25) is 4.90 Å². The Bertz CT molecular complexity index is 653. The highest BCUT2D eigenvalue weighted by atomic mass is 35.5. The van der Waals surface area contributed by atoms with Crippen LogP contribution in [0, 0.1) is 0 Å². The average molecular weight is 332 g/mol. The van der Waals surface area contributed by atoms with Crippen molar-refractivity contribution in [3.8, 4) is 0 Å². The first-order valence-corrected chi connectivity index (χ1v) is 8.22. The van der Waals surface area contributed by atoms with Crippen molar-refractivity contribution >= 4 is 23.4 Å². The van der Waals surface area contributed by atoms with Gasteiger partial charge in [-0.2, -0.15) is 4.98 Å². The number of piperazine rings is 1. The molecule has 5 nitrogen and oxygen atoms in total. The Balaban J connectivity index is 1.59. The number of hydrogen-bond donors (Lipinski definition) is 0. The number of anilines is 2. The first-order chi connectivity index (χ1) is 11.1.